The zero-order chi connectivity index (χ0) is 27.5. The van der Waals surface area contributed by atoms with Crippen molar-refractivity contribution in [3.05, 3.63) is 88.4 Å². The van der Waals surface area contributed by atoms with E-state index in [1.165, 1.54) is 0 Å². The molecule has 7 nitrogen and oxygen atoms in total. The van der Waals surface area contributed by atoms with Crippen molar-refractivity contribution in [3.63, 3.8) is 0 Å². The van der Waals surface area contributed by atoms with E-state index in [1.54, 1.807) is 37.3 Å². The van der Waals surface area contributed by atoms with E-state index in [2.05, 4.69) is 21.2 Å². The first-order valence-electron chi connectivity index (χ1n) is 12.5. The summed E-state index contributed by atoms with van der Waals surface area (Å²) in [5.74, 6) is 1.30. The highest BCUT2D eigenvalue weighted by Crippen LogP contribution is 2.27. The maximum absolute atomic E-state index is 13.7. The zero-order valence-electron chi connectivity index (χ0n) is 22.3. The van der Waals surface area contributed by atoms with Crippen molar-refractivity contribution in [1.29, 1.82) is 0 Å². The lowest BCUT2D eigenvalue weighted by molar-refractivity contribution is -0.142. The Bertz CT molecular complexity index is 1160. The smallest absolute Gasteiger partial charge is 0.261 e. The molecule has 8 heteroatoms. The molecule has 0 fully saturated rings. The Morgan fingerprint density at radius 2 is 1.47 bits per heavy atom. The van der Waals surface area contributed by atoms with Crippen molar-refractivity contribution in [2.75, 3.05) is 27.4 Å². The molecule has 0 aliphatic rings. The predicted octanol–water partition coefficient (Wildman–Crippen LogP) is 5.26. The highest BCUT2D eigenvalue weighted by molar-refractivity contribution is 9.10. The van der Waals surface area contributed by atoms with E-state index in [4.69, 9.17) is 14.2 Å². The molecule has 38 heavy (non-hydrogen) atoms. The summed E-state index contributed by atoms with van der Waals surface area (Å²) in [5, 5.41) is 3.02. The average Bonchev–Trinajstić information content (AvgIpc) is 2.93. The Morgan fingerprint density at radius 1 is 0.868 bits per heavy atom. The number of methoxy groups -OCH3 is 2. The number of rotatable bonds is 13. The van der Waals surface area contributed by atoms with Gasteiger partial charge in [-0.25, -0.2) is 0 Å². The minimum absolute atomic E-state index is 0.198. The Kier molecular flexibility index (Phi) is 11.0. The largest absolute Gasteiger partial charge is 0.496 e. The number of nitrogens with one attached hydrogen (secondary N) is 1. The van der Waals surface area contributed by atoms with Gasteiger partial charge in [-0.05, 0) is 29.2 Å². The Hall–Kier alpha value is -3.52. The molecule has 0 saturated carbocycles. The van der Waals surface area contributed by atoms with Gasteiger partial charge in [-0.3, -0.25) is 9.59 Å². The van der Waals surface area contributed by atoms with Gasteiger partial charge in [0, 0.05) is 42.2 Å². The summed E-state index contributed by atoms with van der Waals surface area (Å²) in [7, 11) is 3.10. The van der Waals surface area contributed by atoms with Crippen molar-refractivity contribution in [3.8, 4) is 17.2 Å². The van der Waals surface area contributed by atoms with Gasteiger partial charge < -0.3 is 24.4 Å². The molecular formula is C30H35BrN2O5. The monoisotopic (exact) mass is 582 g/mol. The minimum atomic E-state index is -0.726. The van der Waals surface area contributed by atoms with Crippen LogP contribution in [0.15, 0.2) is 77.3 Å². The molecule has 0 heterocycles. The van der Waals surface area contributed by atoms with Crippen molar-refractivity contribution in [1.82, 2.24) is 10.2 Å². The molecule has 0 spiro atoms. The van der Waals surface area contributed by atoms with Crippen molar-refractivity contribution in [2.24, 2.45) is 5.92 Å². The molecule has 0 aliphatic carbocycles. The van der Waals surface area contributed by atoms with Gasteiger partial charge in [0.1, 0.15) is 23.3 Å². The van der Waals surface area contributed by atoms with E-state index in [9.17, 15) is 9.59 Å². The van der Waals surface area contributed by atoms with E-state index in [0.717, 1.165) is 15.6 Å². The quantitative estimate of drug-likeness (QED) is 0.297. The van der Waals surface area contributed by atoms with Gasteiger partial charge in [0.15, 0.2) is 6.61 Å². The summed E-state index contributed by atoms with van der Waals surface area (Å²) in [5.41, 5.74) is 1.86. The topological polar surface area (TPSA) is 77.1 Å². The van der Waals surface area contributed by atoms with Crippen LogP contribution in [-0.2, 0) is 22.6 Å². The van der Waals surface area contributed by atoms with Gasteiger partial charge >= 0.3 is 0 Å². The fraction of sp³-hybridized carbons (Fsp3) is 0.333. The predicted molar refractivity (Wildman–Crippen MR) is 152 cm³/mol. The fourth-order valence-corrected chi connectivity index (χ4v) is 4.12. The molecule has 0 aliphatic heterocycles. The first-order chi connectivity index (χ1) is 18.3. The van der Waals surface area contributed by atoms with Crippen LogP contribution in [0.2, 0.25) is 0 Å². The number of hydrogen-bond donors (Lipinski definition) is 1. The maximum Gasteiger partial charge on any atom is 0.261 e. The lowest BCUT2D eigenvalue weighted by Crippen LogP contribution is -2.52. The van der Waals surface area contributed by atoms with E-state index < -0.39 is 6.04 Å². The van der Waals surface area contributed by atoms with Gasteiger partial charge in [-0.15, -0.1) is 0 Å². The van der Waals surface area contributed by atoms with E-state index >= 15 is 0 Å². The molecule has 0 aromatic heterocycles. The molecule has 1 atom stereocenters. The average molecular weight is 584 g/mol. The second-order valence-corrected chi connectivity index (χ2v) is 10.2. The van der Waals surface area contributed by atoms with Crippen LogP contribution >= 0.6 is 15.9 Å². The van der Waals surface area contributed by atoms with Crippen LogP contribution in [0.4, 0.5) is 0 Å². The number of carbonyl (C=O) groups is 2. The number of halogens is 1. The number of ether oxygens (including phenoxy) is 3. The van der Waals surface area contributed by atoms with Crippen LogP contribution in [-0.4, -0.2) is 50.1 Å². The molecule has 202 valence electrons. The summed E-state index contributed by atoms with van der Waals surface area (Å²) >= 11 is 3.46. The molecule has 0 unspecified atom stereocenters. The number of benzene rings is 3. The SMILES string of the molecule is COc1cc(OC)cc(OCC(=O)N(Cc2ccc(Br)cc2)[C@H](Cc2ccccc2)C(=O)NCC(C)C)c1. The molecule has 3 aromatic rings. The zero-order valence-corrected chi connectivity index (χ0v) is 23.9. The third-order valence-corrected chi connectivity index (χ3v) is 6.44. The number of nitrogens with zero attached hydrogens (tertiary/aromatic N) is 1. The molecule has 1 N–H and O–H groups in total. The molecule has 0 saturated heterocycles. The number of hydrogen-bond acceptors (Lipinski definition) is 5. The lowest BCUT2D eigenvalue weighted by atomic mass is 10.0. The Morgan fingerprint density at radius 3 is 2.05 bits per heavy atom. The molecule has 3 rings (SSSR count). The fourth-order valence-electron chi connectivity index (χ4n) is 3.86. The highest BCUT2D eigenvalue weighted by Gasteiger charge is 2.30. The van der Waals surface area contributed by atoms with Gasteiger partial charge in [0.2, 0.25) is 5.91 Å². The second-order valence-electron chi connectivity index (χ2n) is 9.33. The first-order valence-corrected chi connectivity index (χ1v) is 13.3. The Labute approximate surface area is 233 Å². The van der Waals surface area contributed by atoms with Crippen LogP contribution in [0.3, 0.4) is 0 Å². The molecule has 0 radical (unpaired) electrons. The molecule has 2 amide bonds. The van der Waals surface area contributed by atoms with Crippen molar-refractivity contribution >= 4 is 27.7 Å². The lowest BCUT2D eigenvalue weighted by Gasteiger charge is -2.31. The van der Waals surface area contributed by atoms with Crippen LogP contribution in [0.25, 0.3) is 0 Å². The first kappa shape index (κ1) is 29.0. The van der Waals surface area contributed by atoms with Crippen LogP contribution in [0.1, 0.15) is 25.0 Å². The van der Waals surface area contributed by atoms with Crippen LogP contribution in [0.5, 0.6) is 17.2 Å². The summed E-state index contributed by atoms with van der Waals surface area (Å²) in [6.07, 6.45) is 0.375. The standard InChI is InChI=1S/C30H35BrN2O5/c1-21(2)18-32-30(35)28(14-22-8-6-5-7-9-22)33(19-23-10-12-24(31)13-11-23)29(34)20-38-27-16-25(36-3)15-26(17-27)37-4/h5-13,15-17,21,28H,14,18-20H2,1-4H3,(H,32,35)/t28-/m1/s1. The summed E-state index contributed by atoms with van der Waals surface area (Å²) in [6.45, 7) is 4.59. The van der Waals surface area contributed by atoms with Crippen molar-refractivity contribution < 1.29 is 23.8 Å². The van der Waals surface area contributed by atoms with Crippen LogP contribution in [0, 0.1) is 5.92 Å². The number of amides is 2. The maximum atomic E-state index is 13.7. The molecule has 0 bridgehead atoms. The third kappa shape index (κ3) is 8.80. The van der Waals surface area contributed by atoms with Gasteiger partial charge in [0.05, 0.1) is 14.2 Å². The van der Waals surface area contributed by atoms with Gasteiger partial charge in [-0.1, -0.05) is 72.2 Å². The molecular weight excluding hydrogens is 548 g/mol. The number of carbonyl (C=O) groups excluding carboxylic acids is 2. The van der Waals surface area contributed by atoms with Gasteiger partial charge in [0.25, 0.3) is 5.91 Å². The van der Waals surface area contributed by atoms with Crippen LogP contribution < -0.4 is 19.5 Å². The van der Waals surface area contributed by atoms with Gasteiger partial charge in [-0.2, -0.15) is 0 Å². The van der Waals surface area contributed by atoms with Crippen molar-refractivity contribution in [2.45, 2.75) is 32.9 Å². The normalized spacial score (nSPS) is 11.5. The molecule has 3 aromatic carbocycles. The van der Waals surface area contributed by atoms with E-state index in [-0.39, 0.29) is 30.9 Å². The highest BCUT2D eigenvalue weighted by atomic mass is 79.9. The second kappa shape index (κ2) is 14.4. The summed E-state index contributed by atoms with van der Waals surface area (Å²) in [6, 6.07) is 21.8. The Balaban J connectivity index is 1.91. The minimum Gasteiger partial charge on any atom is -0.496 e. The third-order valence-electron chi connectivity index (χ3n) is 5.91. The summed E-state index contributed by atoms with van der Waals surface area (Å²) < 4.78 is 17.4. The van der Waals surface area contributed by atoms with E-state index in [0.29, 0.717) is 30.2 Å². The van der Waals surface area contributed by atoms with E-state index in [1.807, 2.05) is 68.4 Å². The summed E-state index contributed by atoms with van der Waals surface area (Å²) in [4.78, 5) is 28.8.